The van der Waals surface area contributed by atoms with Crippen LogP contribution in [0.5, 0.6) is 0 Å². The lowest BCUT2D eigenvalue weighted by atomic mass is 9.97. The number of nitrogens with one attached hydrogen (secondary N) is 1. The van der Waals surface area contributed by atoms with Gasteiger partial charge in [0.25, 0.3) is 0 Å². The van der Waals surface area contributed by atoms with Gasteiger partial charge in [-0.2, -0.15) is 0 Å². The van der Waals surface area contributed by atoms with E-state index in [1.807, 2.05) is 6.92 Å². The Labute approximate surface area is 107 Å². The standard InChI is InChI=1S/C13H18N2O3/c1-9(2)11-8-10(3)18-12(11)15(6-5-7-16)13(17)14-4/h5-7,11-12H,1,3,8H2,2,4H3,(H,14,17)/b6-5-. The summed E-state index contributed by atoms with van der Waals surface area (Å²) in [5.74, 6) is 0.590. The Kier molecular flexibility index (Phi) is 4.71. The molecule has 1 heterocycles. The first kappa shape index (κ1) is 14.0. The lowest BCUT2D eigenvalue weighted by Gasteiger charge is -2.28. The smallest absolute Gasteiger partial charge is 0.324 e. The average Bonchev–Trinajstić information content (AvgIpc) is 2.71. The number of hydrogen-bond donors (Lipinski definition) is 1. The van der Waals surface area contributed by atoms with Crippen molar-refractivity contribution in [3.63, 3.8) is 0 Å². The molecule has 2 atom stereocenters. The van der Waals surface area contributed by atoms with E-state index in [-0.39, 0.29) is 11.9 Å². The molecule has 1 rings (SSSR count). The number of allylic oxidation sites excluding steroid dienone is 2. The minimum atomic E-state index is -0.508. The molecule has 0 aromatic rings. The molecule has 18 heavy (non-hydrogen) atoms. The van der Waals surface area contributed by atoms with Crippen LogP contribution in [0, 0.1) is 5.92 Å². The quantitative estimate of drug-likeness (QED) is 0.470. The van der Waals surface area contributed by atoms with E-state index in [9.17, 15) is 9.59 Å². The van der Waals surface area contributed by atoms with Gasteiger partial charge in [-0.25, -0.2) is 4.79 Å². The summed E-state index contributed by atoms with van der Waals surface area (Å²) in [4.78, 5) is 23.5. The van der Waals surface area contributed by atoms with Gasteiger partial charge >= 0.3 is 6.03 Å². The van der Waals surface area contributed by atoms with Crippen molar-refractivity contribution in [2.75, 3.05) is 7.05 Å². The summed E-state index contributed by atoms with van der Waals surface area (Å²) in [6.45, 7) is 9.55. The van der Waals surface area contributed by atoms with Crippen molar-refractivity contribution < 1.29 is 14.3 Å². The van der Waals surface area contributed by atoms with E-state index >= 15 is 0 Å². The molecule has 98 valence electrons. The van der Waals surface area contributed by atoms with Gasteiger partial charge in [-0.1, -0.05) is 18.7 Å². The van der Waals surface area contributed by atoms with Crippen LogP contribution < -0.4 is 5.32 Å². The molecule has 0 bridgehead atoms. The molecule has 0 radical (unpaired) electrons. The number of aldehydes is 1. The van der Waals surface area contributed by atoms with E-state index in [1.54, 1.807) is 0 Å². The van der Waals surface area contributed by atoms with Crippen molar-refractivity contribution in [1.82, 2.24) is 10.2 Å². The minimum Gasteiger partial charge on any atom is -0.474 e. The molecule has 2 amide bonds. The number of rotatable bonds is 4. The van der Waals surface area contributed by atoms with E-state index in [2.05, 4.69) is 18.5 Å². The summed E-state index contributed by atoms with van der Waals surface area (Å²) >= 11 is 0. The Morgan fingerprint density at radius 3 is 2.78 bits per heavy atom. The van der Waals surface area contributed by atoms with E-state index in [0.717, 1.165) is 5.57 Å². The van der Waals surface area contributed by atoms with Crippen LogP contribution in [-0.4, -0.2) is 30.5 Å². The fraction of sp³-hybridized carbons (Fsp3) is 0.385. The first-order chi connectivity index (χ1) is 8.51. The largest absolute Gasteiger partial charge is 0.474 e. The van der Waals surface area contributed by atoms with Gasteiger partial charge in [0.1, 0.15) is 6.29 Å². The molecule has 1 saturated heterocycles. The Hall–Kier alpha value is -2.04. The summed E-state index contributed by atoms with van der Waals surface area (Å²) in [5.41, 5.74) is 0.909. The minimum absolute atomic E-state index is 0.0221. The molecule has 0 aliphatic carbocycles. The molecular weight excluding hydrogens is 232 g/mol. The number of amides is 2. The first-order valence-electron chi connectivity index (χ1n) is 5.63. The van der Waals surface area contributed by atoms with Crippen molar-refractivity contribution in [2.45, 2.75) is 19.6 Å². The fourth-order valence-electron chi connectivity index (χ4n) is 1.84. The summed E-state index contributed by atoms with van der Waals surface area (Å²) in [6.07, 6.45) is 3.36. The average molecular weight is 250 g/mol. The number of ether oxygens (including phenoxy) is 1. The van der Waals surface area contributed by atoms with Crippen molar-refractivity contribution in [2.24, 2.45) is 5.92 Å². The second-order valence-corrected chi connectivity index (χ2v) is 4.14. The molecule has 5 heteroatoms. The number of hydrogen-bond acceptors (Lipinski definition) is 3. The third-order valence-electron chi connectivity index (χ3n) is 2.76. The molecular formula is C13H18N2O3. The second kappa shape index (κ2) is 6.05. The lowest BCUT2D eigenvalue weighted by Crippen LogP contribution is -2.44. The molecule has 0 aromatic carbocycles. The van der Waals surface area contributed by atoms with Crippen LogP contribution in [0.3, 0.4) is 0 Å². The zero-order valence-electron chi connectivity index (χ0n) is 10.7. The van der Waals surface area contributed by atoms with Gasteiger partial charge in [0.15, 0.2) is 6.23 Å². The van der Waals surface area contributed by atoms with Crippen LogP contribution in [0.1, 0.15) is 13.3 Å². The summed E-state index contributed by atoms with van der Waals surface area (Å²) in [7, 11) is 1.52. The molecule has 2 unspecified atom stereocenters. The Morgan fingerprint density at radius 1 is 1.61 bits per heavy atom. The predicted octanol–water partition coefficient (Wildman–Crippen LogP) is 1.79. The van der Waals surface area contributed by atoms with Crippen LogP contribution in [-0.2, 0) is 9.53 Å². The highest BCUT2D eigenvalue weighted by atomic mass is 16.5. The number of carbonyl (C=O) groups excluding carboxylic acids is 2. The van der Waals surface area contributed by atoms with Gasteiger partial charge in [-0.15, -0.1) is 0 Å². The van der Waals surface area contributed by atoms with Gasteiger partial charge in [-0.3, -0.25) is 9.69 Å². The molecule has 1 aliphatic heterocycles. The maximum Gasteiger partial charge on any atom is 0.324 e. The summed E-state index contributed by atoms with van der Waals surface area (Å²) in [5, 5.41) is 2.51. The Morgan fingerprint density at radius 2 is 2.28 bits per heavy atom. The van der Waals surface area contributed by atoms with Crippen molar-refractivity contribution >= 4 is 12.3 Å². The summed E-state index contributed by atoms with van der Waals surface area (Å²) in [6, 6.07) is -0.348. The third kappa shape index (κ3) is 3.00. The highest BCUT2D eigenvalue weighted by Crippen LogP contribution is 2.35. The predicted molar refractivity (Wildman–Crippen MR) is 68.4 cm³/mol. The third-order valence-corrected chi connectivity index (χ3v) is 2.76. The van der Waals surface area contributed by atoms with Crippen LogP contribution in [0.25, 0.3) is 0 Å². The van der Waals surface area contributed by atoms with Crippen molar-refractivity contribution in [3.8, 4) is 0 Å². The van der Waals surface area contributed by atoms with Crippen LogP contribution >= 0.6 is 0 Å². The number of urea groups is 1. The monoisotopic (exact) mass is 250 g/mol. The first-order valence-corrected chi connectivity index (χ1v) is 5.63. The van der Waals surface area contributed by atoms with Crippen LogP contribution in [0.4, 0.5) is 4.79 Å². The normalized spacial score (nSPS) is 22.7. The molecule has 0 spiro atoms. The van der Waals surface area contributed by atoms with E-state index in [0.29, 0.717) is 18.5 Å². The highest BCUT2D eigenvalue weighted by molar-refractivity contribution is 5.76. The summed E-state index contributed by atoms with van der Waals surface area (Å²) < 4.78 is 5.56. The molecule has 1 fully saturated rings. The lowest BCUT2D eigenvalue weighted by molar-refractivity contribution is -0.104. The number of nitrogens with zero attached hydrogens (tertiary/aromatic N) is 1. The molecule has 1 N–H and O–H groups in total. The molecule has 1 aliphatic rings. The number of carbonyl (C=O) groups is 2. The van der Waals surface area contributed by atoms with E-state index < -0.39 is 6.23 Å². The maximum atomic E-state index is 11.8. The highest BCUT2D eigenvalue weighted by Gasteiger charge is 2.37. The Balaban J connectivity index is 2.99. The zero-order chi connectivity index (χ0) is 13.7. The molecule has 5 nitrogen and oxygen atoms in total. The van der Waals surface area contributed by atoms with Gasteiger partial charge in [0.2, 0.25) is 0 Å². The van der Waals surface area contributed by atoms with Gasteiger partial charge in [0, 0.05) is 25.6 Å². The van der Waals surface area contributed by atoms with E-state index in [4.69, 9.17) is 4.74 Å². The molecule has 0 aromatic heterocycles. The zero-order valence-corrected chi connectivity index (χ0v) is 10.7. The van der Waals surface area contributed by atoms with Gasteiger partial charge in [-0.05, 0) is 13.0 Å². The maximum absolute atomic E-state index is 11.8. The van der Waals surface area contributed by atoms with Crippen LogP contribution in [0.15, 0.2) is 36.8 Å². The topological polar surface area (TPSA) is 58.6 Å². The van der Waals surface area contributed by atoms with Gasteiger partial charge < -0.3 is 10.1 Å². The van der Waals surface area contributed by atoms with Crippen LogP contribution in [0.2, 0.25) is 0 Å². The molecule has 0 saturated carbocycles. The van der Waals surface area contributed by atoms with E-state index in [1.165, 1.54) is 24.2 Å². The van der Waals surface area contributed by atoms with Crippen molar-refractivity contribution in [3.05, 3.63) is 36.8 Å². The Bertz CT molecular complexity index is 401. The van der Waals surface area contributed by atoms with Gasteiger partial charge in [0.05, 0.1) is 5.76 Å². The fourth-order valence-corrected chi connectivity index (χ4v) is 1.84. The SMILES string of the molecule is C=C1CC(C(=C)C)C(N(/C=C\C=O)C(=O)NC)O1. The second-order valence-electron chi connectivity index (χ2n) is 4.14. The van der Waals surface area contributed by atoms with Crippen molar-refractivity contribution in [1.29, 1.82) is 0 Å².